The second kappa shape index (κ2) is 5.18. The molecule has 88 valence electrons. The highest BCUT2D eigenvalue weighted by Crippen LogP contribution is 2.22. The predicted octanol–water partition coefficient (Wildman–Crippen LogP) is 1.68. The van der Waals surface area contributed by atoms with Crippen molar-refractivity contribution in [3.05, 3.63) is 24.3 Å². The van der Waals surface area contributed by atoms with Gasteiger partial charge in [0.1, 0.15) is 0 Å². The topological polar surface area (TPSA) is 47.5 Å². The molecule has 4 heteroatoms. The van der Waals surface area contributed by atoms with E-state index >= 15 is 0 Å². The van der Waals surface area contributed by atoms with Crippen LogP contribution in [0.4, 0.5) is 11.4 Å². The number of hydrogen-bond acceptors (Lipinski definition) is 4. The normalized spacial score (nSPS) is 20.1. The zero-order chi connectivity index (χ0) is 11.4. The summed E-state index contributed by atoms with van der Waals surface area (Å²) in [6.07, 6.45) is 1.20. The summed E-state index contributed by atoms with van der Waals surface area (Å²) in [6, 6.07) is 8.45. The van der Waals surface area contributed by atoms with Gasteiger partial charge in [0.25, 0.3) is 0 Å². The quantitative estimate of drug-likeness (QED) is 0.677. The summed E-state index contributed by atoms with van der Waals surface area (Å²) < 4.78 is 0. The third kappa shape index (κ3) is 2.46. The highest BCUT2D eigenvalue weighted by atomic mass is 16.5. The summed E-state index contributed by atoms with van der Waals surface area (Å²) in [4.78, 5) is 2.37. The predicted molar refractivity (Wildman–Crippen MR) is 66.1 cm³/mol. The zero-order valence-corrected chi connectivity index (χ0v) is 9.61. The fraction of sp³-hybridized carbons (Fsp3) is 0.500. The summed E-state index contributed by atoms with van der Waals surface area (Å²) in [6.45, 7) is 5.35. The lowest BCUT2D eigenvalue weighted by Crippen LogP contribution is -2.32. The molecule has 0 radical (unpaired) electrons. The number of anilines is 2. The standard InChI is InChI=1S/C12H19N3O/c1-2-13-11-7-8-15(9-11)12-5-3-10(14-16)4-6-12/h3-6,11,13-14,16H,2,7-9H2,1H3. The molecule has 16 heavy (non-hydrogen) atoms. The van der Waals surface area contributed by atoms with E-state index < -0.39 is 0 Å². The van der Waals surface area contributed by atoms with Crippen molar-refractivity contribution in [2.75, 3.05) is 30.0 Å². The second-order valence-electron chi connectivity index (χ2n) is 4.15. The van der Waals surface area contributed by atoms with E-state index in [1.165, 1.54) is 12.1 Å². The van der Waals surface area contributed by atoms with E-state index in [2.05, 4.69) is 22.6 Å². The highest BCUT2D eigenvalue weighted by Gasteiger charge is 2.21. The fourth-order valence-electron chi connectivity index (χ4n) is 2.20. The van der Waals surface area contributed by atoms with Gasteiger partial charge in [-0.3, -0.25) is 10.7 Å². The van der Waals surface area contributed by atoms with Crippen LogP contribution in [0.15, 0.2) is 24.3 Å². The minimum atomic E-state index is 0.612. The van der Waals surface area contributed by atoms with Gasteiger partial charge in [0.2, 0.25) is 0 Å². The molecule has 1 aromatic carbocycles. The highest BCUT2D eigenvalue weighted by molar-refractivity contribution is 5.54. The fourth-order valence-corrected chi connectivity index (χ4v) is 2.20. The van der Waals surface area contributed by atoms with Crippen LogP contribution in [0.5, 0.6) is 0 Å². The Hall–Kier alpha value is -1.26. The Kier molecular flexibility index (Phi) is 3.64. The summed E-state index contributed by atoms with van der Waals surface area (Å²) in [5, 5.41) is 12.2. The van der Waals surface area contributed by atoms with Gasteiger partial charge in [0.05, 0.1) is 5.69 Å². The molecular weight excluding hydrogens is 202 g/mol. The number of rotatable bonds is 4. The first-order chi connectivity index (χ1) is 7.83. The van der Waals surface area contributed by atoms with Crippen molar-refractivity contribution in [2.45, 2.75) is 19.4 Å². The van der Waals surface area contributed by atoms with Crippen LogP contribution in [0.2, 0.25) is 0 Å². The van der Waals surface area contributed by atoms with E-state index in [1.807, 2.05) is 24.3 Å². The first-order valence-electron chi connectivity index (χ1n) is 5.82. The SMILES string of the molecule is CCNC1CCN(c2ccc(NO)cc2)C1. The molecule has 0 aliphatic carbocycles. The molecule has 1 aliphatic heterocycles. The molecule has 2 rings (SSSR count). The van der Waals surface area contributed by atoms with Crippen molar-refractivity contribution in [1.82, 2.24) is 5.32 Å². The van der Waals surface area contributed by atoms with Gasteiger partial charge in [-0.05, 0) is 37.2 Å². The van der Waals surface area contributed by atoms with Gasteiger partial charge in [0, 0.05) is 24.8 Å². The average molecular weight is 221 g/mol. The number of benzene rings is 1. The molecule has 0 bridgehead atoms. The third-order valence-electron chi connectivity index (χ3n) is 3.04. The monoisotopic (exact) mass is 221 g/mol. The van der Waals surface area contributed by atoms with Crippen LogP contribution in [0, 0.1) is 0 Å². The maximum atomic E-state index is 8.73. The van der Waals surface area contributed by atoms with Gasteiger partial charge in [-0.2, -0.15) is 0 Å². The van der Waals surface area contributed by atoms with Gasteiger partial charge in [-0.25, -0.2) is 0 Å². The Morgan fingerprint density at radius 3 is 2.75 bits per heavy atom. The largest absolute Gasteiger partial charge is 0.370 e. The molecular formula is C12H19N3O. The molecule has 0 spiro atoms. The molecule has 0 aromatic heterocycles. The molecule has 1 atom stereocenters. The van der Waals surface area contributed by atoms with Crippen LogP contribution < -0.4 is 15.7 Å². The minimum Gasteiger partial charge on any atom is -0.370 e. The molecule has 1 aromatic rings. The smallest absolute Gasteiger partial charge is 0.0603 e. The lowest BCUT2D eigenvalue weighted by atomic mass is 10.2. The van der Waals surface area contributed by atoms with Crippen LogP contribution in [-0.2, 0) is 0 Å². The third-order valence-corrected chi connectivity index (χ3v) is 3.04. The van der Waals surface area contributed by atoms with Gasteiger partial charge in [-0.1, -0.05) is 6.92 Å². The average Bonchev–Trinajstić information content (AvgIpc) is 2.78. The number of likely N-dealkylation sites (N-methyl/N-ethyl adjacent to an activating group) is 1. The summed E-state index contributed by atoms with van der Waals surface area (Å²) in [7, 11) is 0. The van der Waals surface area contributed by atoms with E-state index in [4.69, 9.17) is 5.21 Å². The molecule has 4 nitrogen and oxygen atoms in total. The maximum Gasteiger partial charge on any atom is 0.0603 e. The molecule has 0 amide bonds. The van der Waals surface area contributed by atoms with E-state index in [1.54, 1.807) is 0 Å². The number of hydrogen-bond donors (Lipinski definition) is 3. The lowest BCUT2D eigenvalue weighted by Gasteiger charge is -2.19. The second-order valence-corrected chi connectivity index (χ2v) is 4.15. The van der Waals surface area contributed by atoms with E-state index in [0.717, 1.165) is 25.3 Å². The Labute approximate surface area is 96.2 Å². The molecule has 1 heterocycles. The summed E-state index contributed by atoms with van der Waals surface area (Å²) in [5.74, 6) is 0. The summed E-state index contributed by atoms with van der Waals surface area (Å²) in [5.41, 5.74) is 4.09. The van der Waals surface area contributed by atoms with Crippen molar-refractivity contribution < 1.29 is 5.21 Å². The van der Waals surface area contributed by atoms with E-state index in [9.17, 15) is 0 Å². The lowest BCUT2D eigenvalue weighted by molar-refractivity contribution is 0.389. The Bertz CT molecular complexity index is 326. The van der Waals surface area contributed by atoms with Gasteiger partial charge < -0.3 is 10.2 Å². The first kappa shape index (κ1) is 11.2. The maximum absolute atomic E-state index is 8.73. The van der Waals surface area contributed by atoms with Crippen molar-refractivity contribution in [3.8, 4) is 0 Å². The molecule has 1 unspecified atom stereocenters. The Morgan fingerprint density at radius 2 is 2.12 bits per heavy atom. The Morgan fingerprint density at radius 1 is 1.38 bits per heavy atom. The van der Waals surface area contributed by atoms with Crippen LogP contribution in [0.3, 0.4) is 0 Å². The van der Waals surface area contributed by atoms with E-state index in [0.29, 0.717) is 6.04 Å². The molecule has 1 fully saturated rings. The number of nitrogens with one attached hydrogen (secondary N) is 2. The Balaban J connectivity index is 1.97. The zero-order valence-electron chi connectivity index (χ0n) is 9.61. The van der Waals surface area contributed by atoms with Gasteiger partial charge in [0.15, 0.2) is 0 Å². The number of nitrogens with zero attached hydrogens (tertiary/aromatic N) is 1. The van der Waals surface area contributed by atoms with Crippen LogP contribution >= 0.6 is 0 Å². The first-order valence-corrected chi connectivity index (χ1v) is 5.82. The van der Waals surface area contributed by atoms with Gasteiger partial charge in [-0.15, -0.1) is 0 Å². The van der Waals surface area contributed by atoms with Crippen molar-refractivity contribution in [2.24, 2.45) is 0 Å². The van der Waals surface area contributed by atoms with Crippen molar-refractivity contribution in [3.63, 3.8) is 0 Å². The summed E-state index contributed by atoms with van der Waals surface area (Å²) >= 11 is 0. The molecule has 1 aliphatic rings. The molecule has 3 N–H and O–H groups in total. The minimum absolute atomic E-state index is 0.612. The van der Waals surface area contributed by atoms with Crippen LogP contribution in [0.25, 0.3) is 0 Å². The van der Waals surface area contributed by atoms with E-state index in [-0.39, 0.29) is 0 Å². The van der Waals surface area contributed by atoms with Crippen LogP contribution in [0.1, 0.15) is 13.3 Å². The van der Waals surface area contributed by atoms with Crippen molar-refractivity contribution in [1.29, 1.82) is 0 Å². The van der Waals surface area contributed by atoms with Crippen molar-refractivity contribution >= 4 is 11.4 Å². The van der Waals surface area contributed by atoms with Gasteiger partial charge >= 0.3 is 0 Å². The molecule has 1 saturated heterocycles. The molecule has 0 saturated carbocycles. The van der Waals surface area contributed by atoms with Crippen LogP contribution in [-0.4, -0.2) is 30.9 Å².